The third kappa shape index (κ3) is 3.88. The van der Waals surface area contributed by atoms with E-state index in [0.29, 0.717) is 0 Å². The molecule has 0 spiro atoms. The Morgan fingerprint density at radius 3 is 1.20 bits per heavy atom. The molecule has 0 unspecified atom stereocenters. The van der Waals surface area contributed by atoms with Crippen molar-refractivity contribution in [2.24, 2.45) is 0 Å². The van der Waals surface area contributed by atoms with Crippen LogP contribution in [-0.4, -0.2) is 0 Å². The second-order valence-corrected chi connectivity index (χ2v) is 16.9. The van der Waals surface area contributed by atoms with Crippen molar-refractivity contribution in [2.45, 2.75) is 63.2 Å². The molecule has 0 aliphatic heterocycles. The van der Waals surface area contributed by atoms with E-state index in [1.807, 2.05) is 0 Å². The van der Waals surface area contributed by atoms with Gasteiger partial charge < -0.3 is 0 Å². The Balaban J connectivity index is 1.53. The second kappa shape index (κ2) is 7.77. The van der Waals surface area contributed by atoms with Gasteiger partial charge in [0.15, 0.2) is 0 Å². The Hall–Kier alpha value is -0.266. The Kier molecular flexibility index (Phi) is 5.63. The van der Waals surface area contributed by atoms with E-state index in [2.05, 4.69) is 48.5 Å². The van der Waals surface area contributed by atoms with Gasteiger partial charge in [-0.1, -0.05) is 0 Å². The van der Waals surface area contributed by atoms with Crippen molar-refractivity contribution >= 4 is 26.3 Å². The molecule has 2 saturated carbocycles. The number of benzene rings is 2. The first-order valence-electron chi connectivity index (χ1n) is 9.73. The molecular weight excluding hydrogens is 383 g/mol. The topological polar surface area (TPSA) is 0 Å². The standard InChI is InChI=1S/2C11H13.2ClH.Ti/c2*1-2-6-10(7-3-1)11-8-4-5-9-11;;;/h2*2-3,6-7,11H,4-5,8-9H2;2*1H;/q;;;;+2/p-2. The van der Waals surface area contributed by atoms with Gasteiger partial charge in [-0.25, -0.2) is 0 Å². The SMILES string of the molecule is [Cl][Ti]([Cl])([c]1ccc(C2CCCC2)cc1)[c]1ccc(C2CCCC2)cc1. The Labute approximate surface area is 163 Å². The second-order valence-electron chi connectivity index (χ2n) is 7.78. The minimum atomic E-state index is -3.21. The zero-order valence-corrected chi connectivity index (χ0v) is 17.8. The molecule has 0 N–H and O–H groups in total. The van der Waals surface area contributed by atoms with Crippen molar-refractivity contribution in [1.82, 2.24) is 0 Å². The van der Waals surface area contributed by atoms with Gasteiger partial charge in [-0.05, 0) is 0 Å². The predicted octanol–water partition coefficient (Wildman–Crippen LogP) is 6.41. The van der Waals surface area contributed by atoms with Gasteiger partial charge in [-0.2, -0.15) is 0 Å². The summed E-state index contributed by atoms with van der Waals surface area (Å²) in [6.07, 6.45) is 10.8. The summed E-state index contributed by atoms with van der Waals surface area (Å²) in [5, 5.41) is 0. The van der Waals surface area contributed by atoms with Gasteiger partial charge in [0.05, 0.1) is 0 Å². The minimum absolute atomic E-state index is 0.743. The summed E-state index contributed by atoms with van der Waals surface area (Å²) in [6.45, 7) is 0. The first kappa shape index (κ1) is 18.1. The van der Waals surface area contributed by atoms with Crippen LogP contribution in [-0.2, 0) is 14.5 Å². The summed E-state index contributed by atoms with van der Waals surface area (Å²) in [5.41, 5.74) is 2.92. The number of hydrogen-bond acceptors (Lipinski definition) is 0. The predicted molar refractivity (Wildman–Crippen MR) is 106 cm³/mol. The molecule has 132 valence electrons. The summed E-state index contributed by atoms with van der Waals surface area (Å²) >= 11 is -3.21. The maximum atomic E-state index is 6.96. The van der Waals surface area contributed by atoms with Crippen LogP contribution in [0.25, 0.3) is 0 Å². The van der Waals surface area contributed by atoms with E-state index < -0.39 is 14.5 Å². The van der Waals surface area contributed by atoms with Gasteiger partial charge in [-0.15, -0.1) is 0 Å². The molecule has 25 heavy (non-hydrogen) atoms. The van der Waals surface area contributed by atoms with Gasteiger partial charge in [-0.3, -0.25) is 0 Å². The molecule has 0 heterocycles. The van der Waals surface area contributed by atoms with Crippen molar-refractivity contribution in [3.8, 4) is 0 Å². The first-order chi connectivity index (χ1) is 12.1. The molecule has 0 bridgehead atoms. The van der Waals surface area contributed by atoms with Crippen molar-refractivity contribution in [3.05, 3.63) is 59.7 Å². The van der Waals surface area contributed by atoms with E-state index >= 15 is 0 Å². The summed E-state index contributed by atoms with van der Waals surface area (Å²) in [5.74, 6) is 1.49. The molecule has 2 aromatic rings. The maximum absolute atomic E-state index is 6.96. The molecule has 0 radical (unpaired) electrons. The van der Waals surface area contributed by atoms with E-state index in [9.17, 15) is 0 Å². The van der Waals surface area contributed by atoms with Crippen LogP contribution < -0.4 is 7.74 Å². The van der Waals surface area contributed by atoms with Crippen molar-refractivity contribution in [1.29, 1.82) is 0 Å². The molecule has 0 saturated heterocycles. The quantitative estimate of drug-likeness (QED) is 0.512. The van der Waals surface area contributed by atoms with Gasteiger partial charge in [0, 0.05) is 0 Å². The zero-order valence-electron chi connectivity index (χ0n) is 14.7. The van der Waals surface area contributed by atoms with E-state index in [0.717, 1.165) is 19.6 Å². The van der Waals surface area contributed by atoms with E-state index in [1.165, 1.54) is 62.5 Å². The first-order valence-corrected chi connectivity index (χ1v) is 15.6. The number of hydrogen-bond donors (Lipinski definition) is 0. The average molecular weight is 409 g/mol. The van der Waals surface area contributed by atoms with Crippen LogP contribution in [0.2, 0.25) is 0 Å². The van der Waals surface area contributed by atoms with Crippen LogP contribution in [0.5, 0.6) is 0 Å². The molecule has 0 nitrogen and oxygen atoms in total. The summed E-state index contributed by atoms with van der Waals surface area (Å²) in [6, 6.07) is 17.8. The molecule has 0 amide bonds. The van der Waals surface area contributed by atoms with Crippen LogP contribution in [0.15, 0.2) is 48.5 Å². The van der Waals surface area contributed by atoms with Gasteiger partial charge in [0.1, 0.15) is 0 Å². The molecule has 0 aromatic heterocycles. The van der Waals surface area contributed by atoms with Gasteiger partial charge in [0.2, 0.25) is 0 Å². The van der Waals surface area contributed by atoms with Crippen LogP contribution in [0, 0.1) is 0 Å². The molecular formula is C22H26Cl2Ti. The summed E-state index contributed by atoms with van der Waals surface area (Å²) in [7, 11) is 13.9. The third-order valence-corrected chi connectivity index (χ3v) is 13.1. The van der Waals surface area contributed by atoms with Crippen LogP contribution in [0.4, 0.5) is 0 Å². The molecule has 3 heteroatoms. The van der Waals surface area contributed by atoms with Crippen LogP contribution >= 0.6 is 18.6 Å². The van der Waals surface area contributed by atoms with E-state index in [-0.39, 0.29) is 0 Å². The molecule has 0 atom stereocenters. The van der Waals surface area contributed by atoms with E-state index in [4.69, 9.17) is 18.6 Å². The van der Waals surface area contributed by atoms with Crippen molar-refractivity contribution in [2.75, 3.05) is 0 Å². The van der Waals surface area contributed by atoms with Crippen LogP contribution in [0.3, 0.4) is 0 Å². The normalized spacial score (nSPS) is 19.6. The molecule has 2 aromatic carbocycles. The Morgan fingerprint density at radius 2 is 0.880 bits per heavy atom. The monoisotopic (exact) mass is 408 g/mol. The fourth-order valence-corrected chi connectivity index (χ4v) is 9.04. The third-order valence-electron chi connectivity index (χ3n) is 6.20. The number of rotatable bonds is 4. The van der Waals surface area contributed by atoms with Gasteiger partial charge in [0.25, 0.3) is 0 Å². The summed E-state index contributed by atoms with van der Waals surface area (Å²) in [4.78, 5) is 0. The zero-order chi connectivity index (χ0) is 17.3. The Morgan fingerprint density at radius 1 is 0.560 bits per heavy atom. The molecule has 2 aliphatic rings. The van der Waals surface area contributed by atoms with Crippen molar-refractivity contribution in [3.63, 3.8) is 0 Å². The summed E-state index contributed by atoms with van der Waals surface area (Å²) < 4.78 is 2.30. The molecule has 4 rings (SSSR count). The molecule has 2 aliphatic carbocycles. The van der Waals surface area contributed by atoms with Crippen molar-refractivity contribution < 1.29 is 14.5 Å². The van der Waals surface area contributed by atoms with E-state index in [1.54, 1.807) is 0 Å². The number of halogens is 2. The fraction of sp³-hybridized carbons (Fsp3) is 0.455. The molecule has 2 fully saturated rings. The Bertz CT molecular complexity index is 632. The van der Waals surface area contributed by atoms with Crippen LogP contribution in [0.1, 0.15) is 74.3 Å². The fourth-order valence-electron chi connectivity index (χ4n) is 4.61. The van der Waals surface area contributed by atoms with Gasteiger partial charge >= 0.3 is 164 Å². The average Bonchev–Trinajstić information content (AvgIpc) is 3.36.